The van der Waals surface area contributed by atoms with Crippen molar-refractivity contribution in [2.45, 2.75) is 19.4 Å². The molecular formula is C13H21ClN2O3. The number of methoxy groups -OCH3 is 1. The van der Waals surface area contributed by atoms with E-state index in [9.17, 15) is 4.79 Å². The average molecular weight is 289 g/mol. The molecule has 1 amide bonds. The van der Waals surface area contributed by atoms with Gasteiger partial charge in [-0.2, -0.15) is 0 Å². The van der Waals surface area contributed by atoms with Crippen LogP contribution in [0.2, 0.25) is 0 Å². The summed E-state index contributed by atoms with van der Waals surface area (Å²) in [5, 5.41) is 2.73. The van der Waals surface area contributed by atoms with Crippen LogP contribution in [-0.4, -0.2) is 32.3 Å². The normalized spacial score (nSPS) is 11.3. The van der Waals surface area contributed by atoms with Crippen LogP contribution in [0.5, 0.6) is 5.75 Å². The van der Waals surface area contributed by atoms with Gasteiger partial charge in [0.25, 0.3) is 0 Å². The number of carbonyl (C=O) groups is 1. The van der Waals surface area contributed by atoms with Crippen molar-refractivity contribution in [3.05, 3.63) is 24.3 Å². The molecule has 108 valence electrons. The molecule has 0 radical (unpaired) electrons. The predicted octanol–water partition coefficient (Wildman–Crippen LogP) is 1.81. The first kappa shape index (κ1) is 17.7. The maximum atomic E-state index is 11.5. The quantitative estimate of drug-likeness (QED) is 0.751. The first-order chi connectivity index (χ1) is 8.65. The topological polar surface area (TPSA) is 73.6 Å². The summed E-state index contributed by atoms with van der Waals surface area (Å²) in [5.74, 6) is 0.408. The molecule has 0 unspecified atom stereocenters. The zero-order valence-corrected chi connectivity index (χ0v) is 12.0. The Morgan fingerprint density at radius 1 is 1.37 bits per heavy atom. The van der Waals surface area contributed by atoms with Crippen LogP contribution in [-0.2, 0) is 9.53 Å². The van der Waals surface area contributed by atoms with Gasteiger partial charge >= 0.3 is 0 Å². The van der Waals surface area contributed by atoms with Gasteiger partial charge in [-0.1, -0.05) is 12.1 Å². The molecule has 0 saturated carbocycles. The Balaban J connectivity index is 0.00000324. The fraction of sp³-hybridized carbons (Fsp3) is 0.462. The molecular weight excluding hydrogens is 268 g/mol. The molecule has 0 aliphatic rings. The summed E-state index contributed by atoms with van der Waals surface area (Å²) in [6.45, 7) is 2.82. The standard InChI is InChI=1S/C13H20N2O3.ClH/c1-10(14)13(16)15-11-6-3-4-7-12(11)18-9-5-8-17-2;/h3-4,6-7,10H,5,8-9,14H2,1-2H3,(H,15,16);1H/t10-;/m0./s1. The number of nitrogens with one attached hydrogen (secondary N) is 1. The molecule has 0 saturated heterocycles. The number of para-hydroxylation sites is 2. The summed E-state index contributed by atoms with van der Waals surface area (Å²) >= 11 is 0. The van der Waals surface area contributed by atoms with Crippen molar-refractivity contribution in [3.63, 3.8) is 0 Å². The highest BCUT2D eigenvalue weighted by Gasteiger charge is 2.10. The van der Waals surface area contributed by atoms with Crippen molar-refractivity contribution < 1.29 is 14.3 Å². The fourth-order valence-electron chi connectivity index (χ4n) is 1.33. The molecule has 19 heavy (non-hydrogen) atoms. The third-order valence-electron chi connectivity index (χ3n) is 2.31. The second-order valence-electron chi connectivity index (χ2n) is 3.97. The SMILES string of the molecule is COCCCOc1ccccc1NC(=O)[C@H](C)N.Cl. The smallest absolute Gasteiger partial charge is 0.241 e. The van der Waals surface area contributed by atoms with Crippen molar-refractivity contribution >= 4 is 24.0 Å². The molecule has 6 heteroatoms. The van der Waals surface area contributed by atoms with Crippen LogP contribution in [0.3, 0.4) is 0 Å². The van der Waals surface area contributed by atoms with E-state index in [0.717, 1.165) is 6.42 Å². The van der Waals surface area contributed by atoms with Crippen molar-refractivity contribution in [2.75, 3.05) is 25.6 Å². The predicted molar refractivity (Wildman–Crippen MR) is 78.0 cm³/mol. The van der Waals surface area contributed by atoms with Gasteiger partial charge in [-0.25, -0.2) is 0 Å². The Hall–Kier alpha value is -1.30. The highest BCUT2D eigenvalue weighted by atomic mass is 35.5. The summed E-state index contributed by atoms with van der Waals surface area (Å²) in [6.07, 6.45) is 0.798. The molecule has 0 fully saturated rings. The third-order valence-corrected chi connectivity index (χ3v) is 2.31. The lowest BCUT2D eigenvalue weighted by atomic mass is 10.2. The van der Waals surface area contributed by atoms with Gasteiger partial charge in [0, 0.05) is 20.1 Å². The fourth-order valence-corrected chi connectivity index (χ4v) is 1.33. The minimum atomic E-state index is -0.549. The Kier molecular flexibility index (Phi) is 8.95. The van der Waals surface area contributed by atoms with Crippen molar-refractivity contribution in [1.82, 2.24) is 0 Å². The molecule has 5 nitrogen and oxygen atoms in total. The van der Waals surface area contributed by atoms with Crippen LogP contribution in [0.1, 0.15) is 13.3 Å². The number of benzene rings is 1. The monoisotopic (exact) mass is 288 g/mol. The van der Waals surface area contributed by atoms with Crippen molar-refractivity contribution in [2.24, 2.45) is 5.73 Å². The summed E-state index contributed by atoms with van der Waals surface area (Å²) in [4.78, 5) is 11.5. The highest BCUT2D eigenvalue weighted by molar-refractivity contribution is 5.95. The van der Waals surface area contributed by atoms with Gasteiger partial charge in [0.1, 0.15) is 5.75 Å². The molecule has 0 spiro atoms. The molecule has 0 heterocycles. The van der Waals surface area contributed by atoms with Gasteiger partial charge in [0.05, 0.1) is 18.3 Å². The van der Waals surface area contributed by atoms with E-state index >= 15 is 0 Å². The molecule has 3 N–H and O–H groups in total. The van der Waals surface area contributed by atoms with Gasteiger partial charge in [0.15, 0.2) is 0 Å². The summed E-state index contributed by atoms with van der Waals surface area (Å²) < 4.78 is 10.5. The lowest BCUT2D eigenvalue weighted by Crippen LogP contribution is -2.32. The van der Waals surface area contributed by atoms with E-state index in [1.807, 2.05) is 18.2 Å². The molecule has 1 aromatic carbocycles. The summed E-state index contributed by atoms with van der Waals surface area (Å²) in [5.41, 5.74) is 6.14. The molecule has 0 aliphatic heterocycles. The van der Waals surface area contributed by atoms with Crippen LogP contribution >= 0.6 is 12.4 Å². The molecule has 0 aliphatic carbocycles. The molecule has 1 rings (SSSR count). The lowest BCUT2D eigenvalue weighted by Gasteiger charge is -2.13. The van der Waals surface area contributed by atoms with E-state index in [-0.39, 0.29) is 18.3 Å². The molecule has 1 atom stereocenters. The largest absolute Gasteiger partial charge is 0.491 e. The molecule has 1 aromatic rings. The first-order valence-corrected chi connectivity index (χ1v) is 5.92. The van der Waals surface area contributed by atoms with Gasteiger partial charge in [-0.05, 0) is 19.1 Å². The van der Waals surface area contributed by atoms with Gasteiger partial charge in [0.2, 0.25) is 5.91 Å². The number of halogens is 1. The number of anilines is 1. The summed E-state index contributed by atoms with van der Waals surface area (Å²) in [6, 6.07) is 6.73. The van der Waals surface area contributed by atoms with E-state index in [0.29, 0.717) is 24.7 Å². The van der Waals surface area contributed by atoms with Gasteiger partial charge < -0.3 is 20.5 Å². The van der Waals surface area contributed by atoms with E-state index < -0.39 is 6.04 Å². The van der Waals surface area contributed by atoms with E-state index in [1.165, 1.54) is 0 Å². The van der Waals surface area contributed by atoms with Gasteiger partial charge in [-0.15, -0.1) is 12.4 Å². The molecule has 0 bridgehead atoms. The Bertz CT molecular complexity index is 386. The number of hydrogen-bond acceptors (Lipinski definition) is 4. The number of carbonyl (C=O) groups excluding carboxylic acids is 1. The van der Waals surface area contributed by atoms with E-state index in [2.05, 4.69) is 5.32 Å². The van der Waals surface area contributed by atoms with Crippen molar-refractivity contribution in [1.29, 1.82) is 0 Å². The third kappa shape index (κ3) is 6.42. The molecule has 0 aromatic heterocycles. The zero-order chi connectivity index (χ0) is 13.4. The maximum absolute atomic E-state index is 11.5. The Labute approximate surface area is 119 Å². The van der Waals surface area contributed by atoms with Crippen LogP contribution in [0, 0.1) is 0 Å². The second kappa shape index (κ2) is 9.61. The first-order valence-electron chi connectivity index (χ1n) is 5.92. The van der Waals surface area contributed by atoms with Crippen LogP contribution in [0.15, 0.2) is 24.3 Å². The van der Waals surface area contributed by atoms with E-state index in [4.69, 9.17) is 15.2 Å². The minimum absolute atomic E-state index is 0. The van der Waals surface area contributed by atoms with Gasteiger partial charge in [-0.3, -0.25) is 4.79 Å². The van der Waals surface area contributed by atoms with Crippen LogP contribution < -0.4 is 15.8 Å². The maximum Gasteiger partial charge on any atom is 0.241 e. The van der Waals surface area contributed by atoms with Crippen LogP contribution in [0.4, 0.5) is 5.69 Å². The van der Waals surface area contributed by atoms with Crippen LogP contribution in [0.25, 0.3) is 0 Å². The number of rotatable bonds is 7. The highest BCUT2D eigenvalue weighted by Crippen LogP contribution is 2.23. The number of nitrogens with two attached hydrogens (primary N) is 1. The second-order valence-corrected chi connectivity index (χ2v) is 3.97. The minimum Gasteiger partial charge on any atom is -0.491 e. The van der Waals surface area contributed by atoms with Crippen molar-refractivity contribution in [3.8, 4) is 5.75 Å². The lowest BCUT2D eigenvalue weighted by molar-refractivity contribution is -0.117. The summed E-state index contributed by atoms with van der Waals surface area (Å²) in [7, 11) is 1.65. The number of amides is 1. The van der Waals surface area contributed by atoms with E-state index in [1.54, 1.807) is 20.1 Å². The Morgan fingerprint density at radius 2 is 2.05 bits per heavy atom. The number of hydrogen-bond donors (Lipinski definition) is 2. The Morgan fingerprint density at radius 3 is 2.68 bits per heavy atom. The number of ether oxygens (including phenoxy) is 2. The average Bonchev–Trinajstić information content (AvgIpc) is 2.36. The zero-order valence-electron chi connectivity index (χ0n) is 11.2.